The number of hydrogen-bond acceptors (Lipinski definition) is 5. The molecule has 1 aromatic rings. The molecule has 0 aliphatic carbocycles. The number of carbonyl (C=O) groups excluding carboxylic acids is 1. The van der Waals surface area contributed by atoms with Gasteiger partial charge in [0, 0.05) is 37.8 Å². The molecule has 0 unspecified atom stereocenters. The van der Waals surface area contributed by atoms with Gasteiger partial charge in [-0.15, -0.1) is 0 Å². The summed E-state index contributed by atoms with van der Waals surface area (Å²) >= 11 is 0. The molecule has 27 heavy (non-hydrogen) atoms. The van der Waals surface area contributed by atoms with Crippen molar-refractivity contribution in [2.45, 2.75) is 46.6 Å². The third kappa shape index (κ3) is 5.41. The van der Waals surface area contributed by atoms with Gasteiger partial charge in [-0.3, -0.25) is 14.5 Å². The summed E-state index contributed by atoms with van der Waals surface area (Å²) in [5.41, 5.74) is 2.02. The van der Waals surface area contributed by atoms with Gasteiger partial charge in [0.25, 0.3) is 5.56 Å². The molecule has 2 N–H and O–H groups in total. The molecule has 1 amide bonds. The standard InChI is InChI=1S/C20H30N4O3/c1-13(2)18(24-7-9-27-10-8-24)12-22-19(25)6-5-16-14(3)17(11-21)20(26)23-15(16)4/h13,18H,5-10,12H2,1-4H3,(H,22,25)(H,23,26)/t18-/m0/s1. The predicted molar refractivity (Wildman–Crippen MR) is 104 cm³/mol. The zero-order valence-corrected chi connectivity index (χ0v) is 16.7. The van der Waals surface area contributed by atoms with E-state index in [-0.39, 0.29) is 17.0 Å². The number of nitriles is 1. The van der Waals surface area contributed by atoms with E-state index in [4.69, 9.17) is 10.00 Å². The molecule has 2 heterocycles. The highest BCUT2D eigenvalue weighted by Gasteiger charge is 2.24. The smallest absolute Gasteiger partial charge is 0.266 e. The van der Waals surface area contributed by atoms with Crippen molar-refractivity contribution >= 4 is 5.91 Å². The van der Waals surface area contributed by atoms with Crippen LogP contribution in [-0.2, 0) is 16.0 Å². The average molecular weight is 374 g/mol. The van der Waals surface area contributed by atoms with Crippen molar-refractivity contribution in [3.63, 3.8) is 0 Å². The molecular weight excluding hydrogens is 344 g/mol. The van der Waals surface area contributed by atoms with Crippen LogP contribution in [0.1, 0.15) is 42.7 Å². The van der Waals surface area contributed by atoms with Crippen molar-refractivity contribution in [1.82, 2.24) is 15.2 Å². The van der Waals surface area contributed by atoms with E-state index in [1.807, 2.05) is 6.07 Å². The topological polar surface area (TPSA) is 98.2 Å². The first-order valence-corrected chi connectivity index (χ1v) is 9.56. The van der Waals surface area contributed by atoms with Gasteiger partial charge in [-0.2, -0.15) is 5.26 Å². The Morgan fingerprint density at radius 1 is 1.33 bits per heavy atom. The number of aromatic nitrogens is 1. The van der Waals surface area contributed by atoms with Crippen molar-refractivity contribution in [1.29, 1.82) is 5.26 Å². The van der Waals surface area contributed by atoms with Gasteiger partial charge in [0.05, 0.1) is 13.2 Å². The van der Waals surface area contributed by atoms with Crippen LogP contribution in [0.4, 0.5) is 0 Å². The van der Waals surface area contributed by atoms with Crippen molar-refractivity contribution in [3.05, 3.63) is 32.7 Å². The lowest BCUT2D eigenvalue weighted by Crippen LogP contribution is -2.51. The largest absolute Gasteiger partial charge is 0.379 e. The predicted octanol–water partition coefficient (Wildman–Crippen LogP) is 1.27. The van der Waals surface area contributed by atoms with Crippen LogP contribution in [-0.4, -0.2) is 54.7 Å². The highest BCUT2D eigenvalue weighted by molar-refractivity contribution is 5.76. The van der Waals surface area contributed by atoms with Gasteiger partial charge < -0.3 is 15.0 Å². The van der Waals surface area contributed by atoms with Gasteiger partial charge in [0.1, 0.15) is 11.6 Å². The maximum Gasteiger partial charge on any atom is 0.266 e. The molecule has 1 aliphatic heterocycles. The molecule has 1 saturated heterocycles. The van der Waals surface area contributed by atoms with Crippen molar-refractivity contribution in [3.8, 4) is 6.07 Å². The van der Waals surface area contributed by atoms with Crippen LogP contribution >= 0.6 is 0 Å². The Hall–Kier alpha value is -2.17. The minimum atomic E-state index is -0.369. The lowest BCUT2D eigenvalue weighted by Gasteiger charge is -2.36. The lowest BCUT2D eigenvalue weighted by molar-refractivity contribution is -0.121. The van der Waals surface area contributed by atoms with Gasteiger partial charge in [0.2, 0.25) is 5.91 Å². The molecule has 2 rings (SSSR count). The molecule has 0 bridgehead atoms. The number of aromatic amines is 1. The van der Waals surface area contributed by atoms with E-state index >= 15 is 0 Å². The number of rotatable bonds is 7. The maximum atomic E-state index is 12.4. The number of morpholine rings is 1. The number of pyridine rings is 1. The molecule has 0 aromatic carbocycles. The van der Waals surface area contributed by atoms with Gasteiger partial charge >= 0.3 is 0 Å². The van der Waals surface area contributed by atoms with E-state index in [0.717, 1.165) is 37.6 Å². The first kappa shape index (κ1) is 21.1. The number of nitrogens with one attached hydrogen (secondary N) is 2. The number of aryl methyl sites for hydroxylation is 1. The average Bonchev–Trinajstić information content (AvgIpc) is 2.62. The molecule has 1 fully saturated rings. The van der Waals surface area contributed by atoms with Crippen LogP contribution in [0.15, 0.2) is 4.79 Å². The highest BCUT2D eigenvalue weighted by atomic mass is 16.5. The first-order chi connectivity index (χ1) is 12.8. The summed E-state index contributed by atoms with van der Waals surface area (Å²) in [6.45, 7) is 11.8. The highest BCUT2D eigenvalue weighted by Crippen LogP contribution is 2.15. The second-order valence-corrected chi connectivity index (χ2v) is 7.43. The van der Waals surface area contributed by atoms with Crippen LogP contribution in [0.25, 0.3) is 0 Å². The molecule has 7 nitrogen and oxygen atoms in total. The molecular formula is C20H30N4O3. The Morgan fingerprint density at radius 3 is 2.59 bits per heavy atom. The van der Waals surface area contributed by atoms with Crippen molar-refractivity contribution < 1.29 is 9.53 Å². The fourth-order valence-electron chi connectivity index (χ4n) is 3.66. The first-order valence-electron chi connectivity index (χ1n) is 9.56. The van der Waals surface area contributed by atoms with Gasteiger partial charge in [0.15, 0.2) is 0 Å². The lowest BCUT2D eigenvalue weighted by atomic mass is 9.98. The summed E-state index contributed by atoms with van der Waals surface area (Å²) in [5, 5.41) is 12.2. The zero-order chi connectivity index (χ0) is 20.0. The Kier molecular flexibility index (Phi) is 7.57. The molecule has 1 aromatic heterocycles. The summed E-state index contributed by atoms with van der Waals surface area (Å²) in [6.07, 6.45) is 0.825. The van der Waals surface area contributed by atoms with Crippen LogP contribution in [0, 0.1) is 31.1 Å². The van der Waals surface area contributed by atoms with Gasteiger partial charge in [-0.25, -0.2) is 0 Å². The Bertz CT molecular complexity index is 758. The van der Waals surface area contributed by atoms with E-state index in [1.54, 1.807) is 13.8 Å². The van der Waals surface area contributed by atoms with Crippen LogP contribution in [0.5, 0.6) is 0 Å². The molecule has 0 saturated carbocycles. The number of nitrogens with zero attached hydrogens (tertiary/aromatic N) is 2. The molecule has 148 valence electrons. The van der Waals surface area contributed by atoms with Gasteiger partial charge in [-0.1, -0.05) is 13.8 Å². The molecule has 0 radical (unpaired) electrons. The second-order valence-electron chi connectivity index (χ2n) is 7.43. The monoisotopic (exact) mass is 374 g/mol. The normalized spacial score (nSPS) is 16.1. The summed E-state index contributed by atoms with van der Waals surface area (Å²) in [6, 6.07) is 2.24. The third-order valence-corrected chi connectivity index (χ3v) is 5.31. The Labute approximate surface area is 160 Å². The number of hydrogen-bond donors (Lipinski definition) is 2. The molecule has 1 aliphatic rings. The van der Waals surface area contributed by atoms with E-state index in [9.17, 15) is 9.59 Å². The fourth-order valence-corrected chi connectivity index (χ4v) is 3.66. The molecule has 0 spiro atoms. The van der Waals surface area contributed by atoms with E-state index < -0.39 is 0 Å². The van der Waals surface area contributed by atoms with Crippen LogP contribution in [0.3, 0.4) is 0 Å². The van der Waals surface area contributed by atoms with Crippen LogP contribution < -0.4 is 10.9 Å². The number of H-pyrrole nitrogens is 1. The maximum absolute atomic E-state index is 12.4. The van der Waals surface area contributed by atoms with Crippen molar-refractivity contribution in [2.75, 3.05) is 32.8 Å². The quantitative estimate of drug-likeness (QED) is 0.749. The SMILES string of the molecule is Cc1[nH]c(=O)c(C#N)c(C)c1CCC(=O)NC[C@@H](C(C)C)N1CCOCC1. The number of carbonyl (C=O) groups is 1. The molecule has 7 heteroatoms. The summed E-state index contributed by atoms with van der Waals surface area (Å²) < 4.78 is 5.42. The Balaban J connectivity index is 1.94. The third-order valence-electron chi connectivity index (χ3n) is 5.31. The number of amides is 1. The van der Waals surface area contributed by atoms with E-state index in [1.165, 1.54) is 0 Å². The zero-order valence-electron chi connectivity index (χ0n) is 16.7. The summed E-state index contributed by atoms with van der Waals surface area (Å²) in [7, 11) is 0. The minimum absolute atomic E-state index is 0.0163. The van der Waals surface area contributed by atoms with Crippen molar-refractivity contribution in [2.24, 2.45) is 5.92 Å². The second kappa shape index (κ2) is 9.67. The minimum Gasteiger partial charge on any atom is -0.379 e. The van der Waals surface area contributed by atoms with Crippen LogP contribution in [0.2, 0.25) is 0 Å². The van der Waals surface area contributed by atoms with E-state index in [0.29, 0.717) is 36.9 Å². The van der Waals surface area contributed by atoms with E-state index in [2.05, 4.69) is 29.0 Å². The number of ether oxygens (including phenoxy) is 1. The summed E-state index contributed by atoms with van der Waals surface area (Å²) in [4.78, 5) is 29.3. The fraction of sp³-hybridized carbons (Fsp3) is 0.650. The summed E-state index contributed by atoms with van der Waals surface area (Å²) in [5.74, 6) is 0.419. The Morgan fingerprint density at radius 2 is 2.00 bits per heavy atom. The van der Waals surface area contributed by atoms with Gasteiger partial charge in [-0.05, 0) is 37.3 Å². The molecule has 1 atom stereocenters.